The van der Waals surface area contributed by atoms with E-state index in [1.807, 2.05) is 0 Å². The Morgan fingerprint density at radius 2 is 2.23 bits per heavy atom. The second kappa shape index (κ2) is 7.88. The fourth-order valence-corrected chi connectivity index (χ4v) is 3.64. The first-order valence-electron chi connectivity index (χ1n) is 9.57. The molecule has 0 atom stereocenters. The van der Waals surface area contributed by atoms with E-state index < -0.39 is 5.82 Å². The van der Waals surface area contributed by atoms with Gasteiger partial charge in [-0.15, -0.1) is 0 Å². The number of hydrogen-bond donors (Lipinski definition) is 1. The summed E-state index contributed by atoms with van der Waals surface area (Å²) in [4.78, 5) is 22.9. The fourth-order valence-electron chi connectivity index (χ4n) is 3.50. The van der Waals surface area contributed by atoms with Crippen molar-refractivity contribution in [2.24, 2.45) is 4.99 Å². The average molecular weight is 442 g/mol. The van der Waals surface area contributed by atoms with Crippen LogP contribution in [0.1, 0.15) is 16.8 Å². The van der Waals surface area contributed by atoms with Crippen molar-refractivity contribution in [3.63, 3.8) is 0 Å². The number of carbonyl (C=O) groups excluding carboxylic acids is 1. The maximum atomic E-state index is 13.8. The van der Waals surface area contributed by atoms with Gasteiger partial charge in [0.15, 0.2) is 5.82 Å². The quantitative estimate of drug-likeness (QED) is 0.692. The monoisotopic (exact) mass is 441 g/mol. The van der Waals surface area contributed by atoms with E-state index in [0.717, 1.165) is 11.3 Å². The lowest BCUT2D eigenvalue weighted by Gasteiger charge is -2.21. The van der Waals surface area contributed by atoms with Gasteiger partial charge in [0.2, 0.25) is 0 Å². The summed E-state index contributed by atoms with van der Waals surface area (Å²) in [6.45, 7) is 1.24. The van der Waals surface area contributed by atoms with Crippen molar-refractivity contribution in [2.45, 2.75) is 13.0 Å². The molecular formula is C20H17ClFN7O2. The van der Waals surface area contributed by atoms with Crippen LogP contribution in [0, 0.1) is 5.82 Å². The van der Waals surface area contributed by atoms with Gasteiger partial charge in [-0.3, -0.25) is 14.9 Å². The third-order valence-electron chi connectivity index (χ3n) is 4.93. The second-order valence-corrected chi connectivity index (χ2v) is 7.47. The van der Waals surface area contributed by atoms with Gasteiger partial charge in [0.05, 0.1) is 29.4 Å². The Bertz CT molecular complexity index is 1160. The van der Waals surface area contributed by atoms with Crippen molar-refractivity contribution in [3.8, 4) is 5.75 Å². The van der Waals surface area contributed by atoms with Gasteiger partial charge in [-0.05, 0) is 12.1 Å². The molecule has 0 saturated heterocycles. The highest BCUT2D eigenvalue weighted by atomic mass is 35.5. The molecule has 158 valence electrons. The zero-order chi connectivity index (χ0) is 21.4. The third-order valence-corrected chi connectivity index (χ3v) is 5.13. The van der Waals surface area contributed by atoms with Crippen LogP contribution >= 0.6 is 11.6 Å². The summed E-state index contributed by atoms with van der Waals surface area (Å²) in [5, 5.41) is 6.24. The minimum Gasteiger partial charge on any atom is -0.493 e. The Labute approximate surface area is 181 Å². The number of ether oxygens (including phenoxy) is 1. The topological polar surface area (TPSA) is 87.9 Å². The van der Waals surface area contributed by atoms with Crippen molar-refractivity contribution in [3.05, 3.63) is 76.8 Å². The van der Waals surface area contributed by atoms with Crippen molar-refractivity contribution in [1.82, 2.24) is 30.1 Å². The summed E-state index contributed by atoms with van der Waals surface area (Å²) in [5.74, 6) is 0.135. The van der Waals surface area contributed by atoms with E-state index in [0.29, 0.717) is 37.0 Å². The molecule has 0 saturated carbocycles. The smallest absolute Gasteiger partial charge is 0.261 e. The van der Waals surface area contributed by atoms with Crippen molar-refractivity contribution < 1.29 is 13.9 Å². The first kappa shape index (κ1) is 19.3. The molecular weight excluding hydrogens is 425 g/mol. The second-order valence-electron chi connectivity index (χ2n) is 7.03. The third kappa shape index (κ3) is 3.77. The zero-order valence-corrected chi connectivity index (χ0v) is 17.0. The van der Waals surface area contributed by atoms with E-state index in [2.05, 4.69) is 20.5 Å². The van der Waals surface area contributed by atoms with Gasteiger partial charge in [-0.2, -0.15) is 5.10 Å². The molecule has 1 N–H and O–H groups in total. The summed E-state index contributed by atoms with van der Waals surface area (Å²) in [6, 6.07) is 3.92. The molecule has 0 spiro atoms. The first-order chi connectivity index (χ1) is 15.1. The highest BCUT2D eigenvalue weighted by molar-refractivity contribution is 6.39. The molecule has 0 unspecified atom stereocenters. The van der Waals surface area contributed by atoms with Gasteiger partial charge < -0.3 is 9.64 Å². The standard InChI is InChI=1S/C20H17ClFN7O2/c21-13-7-24-19-16-9-27(10-17(16)26-29(19)8-13)20(30)15-3-2-14(22)6-18(15)31-5-1-4-28-12-23-11-25-28/h2-3,6-8,10-12,26H,1,4-5,9H2. The van der Waals surface area contributed by atoms with E-state index >= 15 is 0 Å². The average Bonchev–Trinajstić information content (AvgIpc) is 3.47. The molecule has 1 aromatic carbocycles. The summed E-state index contributed by atoms with van der Waals surface area (Å²) in [5.41, 5.74) is 5.08. The van der Waals surface area contributed by atoms with Gasteiger partial charge in [0.1, 0.15) is 24.2 Å². The number of nitrogens with one attached hydrogen (secondary N) is 1. The molecule has 0 radical (unpaired) electrons. The number of hydrogen-bond acceptors (Lipinski definition) is 7. The minimum absolute atomic E-state index is 0.205. The Morgan fingerprint density at radius 1 is 1.32 bits per heavy atom. The number of nitrogens with zero attached hydrogens (tertiary/aromatic N) is 6. The van der Waals surface area contributed by atoms with Crippen LogP contribution in [-0.4, -0.2) is 49.9 Å². The number of hydrazine groups is 1. The number of aryl methyl sites for hydroxylation is 1. The van der Waals surface area contributed by atoms with Crippen molar-refractivity contribution >= 4 is 23.7 Å². The number of allylic oxidation sites excluding steroid dienone is 1. The number of amides is 1. The van der Waals surface area contributed by atoms with Crippen LogP contribution in [0.4, 0.5) is 4.39 Å². The molecule has 31 heavy (non-hydrogen) atoms. The molecule has 3 aliphatic heterocycles. The summed E-state index contributed by atoms with van der Waals surface area (Å²) in [6.07, 6.45) is 8.68. The predicted octanol–water partition coefficient (Wildman–Crippen LogP) is 2.38. The Balaban J connectivity index is 1.29. The predicted molar refractivity (Wildman–Crippen MR) is 110 cm³/mol. The lowest BCUT2D eigenvalue weighted by molar-refractivity contribution is 0.0833. The van der Waals surface area contributed by atoms with Gasteiger partial charge in [-0.25, -0.2) is 19.4 Å². The molecule has 0 aliphatic carbocycles. The van der Waals surface area contributed by atoms with Gasteiger partial charge in [0, 0.05) is 43.2 Å². The van der Waals surface area contributed by atoms with E-state index in [1.165, 1.54) is 24.5 Å². The number of fused-ring (bicyclic) bond motifs is 2. The number of halogens is 2. The highest BCUT2D eigenvalue weighted by Crippen LogP contribution is 2.34. The van der Waals surface area contributed by atoms with Gasteiger partial charge >= 0.3 is 0 Å². The van der Waals surface area contributed by atoms with Crippen LogP contribution in [-0.2, 0) is 6.54 Å². The van der Waals surface area contributed by atoms with E-state index in [-0.39, 0.29) is 17.2 Å². The molecule has 2 aromatic rings. The summed E-state index contributed by atoms with van der Waals surface area (Å²) >= 11 is 5.98. The number of aromatic nitrogens is 3. The molecule has 11 heteroatoms. The number of aliphatic imine (C=N–C) groups is 1. The van der Waals surface area contributed by atoms with Crippen LogP contribution in [0.25, 0.3) is 0 Å². The molecule has 3 aliphatic rings. The SMILES string of the molecule is O=C(c1ccc(F)cc1OCCCn1cncn1)N1C=C2NN3C=C(Cl)C=NC3=C2C1. The Hall–Kier alpha value is -3.66. The number of rotatable bonds is 6. The lowest BCUT2D eigenvalue weighted by atomic mass is 10.1. The van der Waals surface area contributed by atoms with Gasteiger partial charge in [-0.1, -0.05) is 11.6 Å². The largest absolute Gasteiger partial charge is 0.493 e. The summed E-state index contributed by atoms with van der Waals surface area (Å²) in [7, 11) is 0. The van der Waals surface area contributed by atoms with Crippen LogP contribution in [0.15, 0.2) is 70.4 Å². The maximum absolute atomic E-state index is 13.8. The number of benzene rings is 1. The zero-order valence-electron chi connectivity index (χ0n) is 16.2. The number of carbonyl (C=O) groups is 1. The fraction of sp³-hybridized carbons (Fsp3) is 0.200. The van der Waals surface area contributed by atoms with Crippen molar-refractivity contribution in [1.29, 1.82) is 0 Å². The Kier molecular flexibility index (Phi) is 4.91. The Morgan fingerprint density at radius 3 is 3.06 bits per heavy atom. The molecule has 5 rings (SSSR count). The minimum atomic E-state index is -0.470. The molecule has 4 heterocycles. The summed E-state index contributed by atoms with van der Waals surface area (Å²) < 4.78 is 21.2. The van der Waals surface area contributed by atoms with Crippen LogP contribution in [0.3, 0.4) is 0 Å². The van der Waals surface area contributed by atoms with Crippen LogP contribution < -0.4 is 10.2 Å². The molecule has 1 aromatic heterocycles. The van der Waals surface area contributed by atoms with E-state index in [9.17, 15) is 9.18 Å². The maximum Gasteiger partial charge on any atom is 0.261 e. The van der Waals surface area contributed by atoms with E-state index in [4.69, 9.17) is 16.3 Å². The van der Waals surface area contributed by atoms with Crippen molar-refractivity contribution in [2.75, 3.05) is 13.2 Å². The molecule has 0 fully saturated rings. The van der Waals surface area contributed by atoms with Crippen LogP contribution in [0.5, 0.6) is 5.75 Å². The molecule has 0 bridgehead atoms. The highest BCUT2D eigenvalue weighted by Gasteiger charge is 2.35. The molecule has 1 amide bonds. The van der Waals surface area contributed by atoms with Crippen LogP contribution in [0.2, 0.25) is 0 Å². The van der Waals surface area contributed by atoms with E-state index in [1.54, 1.807) is 39.5 Å². The van der Waals surface area contributed by atoms with Gasteiger partial charge in [0.25, 0.3) is 5.91 Å². The first-order valence-corrected chi connectivity index (χ1v) is 9.94. The lowest BCUT2D eigenvalue weighted by Crippen LogP contribution is -2.29. The molecule has 9 nitrogen and oxygen atoms in total. The normalized spacial score (nSPS) is 16.7.